The van der Waals surface area contributed by atoms with Crippen LogP contribution in [0.5, 0.6) is 0 Å². The van der Waals surface area contributed by atoms with E-state index >= 15 is 0 Å². The number of hydrogen-bond acceptors (Lipinski definition) is 6. The van der Waals surface area contributed by atoms with Gasteiger partial charge in [-0.2, -0.15) is 0 Å². The molecule has 0 spiro atoms. The van der Waals surface area contributed by atoms with Gasteiger partial charge in [0.2, 0.25) is 11.8 Å². The summed E-state index contributed by atoms with van der Waals surface area (Å²) in [5, 5.41) is 3.17. The quantitative estimate of drug-likeness (QED) is 0.458. The van der Waals surface area contributed by atoms with Crippen LogP contribution in [0.25, 0.3) is 0 Å². The van der Waals surface area contributed by atoms with Gasteiger partial charge in [0.25, 0.3) is 0 Å². The van der Waals surface area contributed by atoms with E-state index in [-0.39, 0.29) is 18.2 Å². The van der Waals surface area contributed by atoms with E-state index in [9.17, 15) is 14.4 Å². The molecular weight excluding hydrogens is 486 g/mol. The predicted molar refractivity (Wildman–Crippen MR) is 138 cm³/mol. The minimum absolute atomic E-state index is 0.0310. The maximum Gasteiger partial charge on any atom is 0.337 e. The number of nitrogens with zero attached hydrogens (tertiary/aromatic N) is 2. The zero-order valence-corrected chi connectivity index (χ0v) is 20.4. The molecule has 35 heavy (non-hydrogen) atoms. The van der Waals surface area contributed by atoms with Crippen molar-refractivity contribution in [1.82, 2.24) is 4.90 Å². The fourth-order valence-electron chi connectivity index (χ4n) is 3.42. The monoisotopic (exact) mass is 507 g/mol. The van der Waals surface area contributed by atoms with E-state index in [1.807, 2.05) is 30.3 Å². The number of amidine groups is 1. The molecule has 0 bridgehead atoms. The zero-order valence-electron chi connectivity index (χ0n) is 18.8. The first-order valence-corrected chi connectivity index (χ1v) is 12.0. The number of aliphatic imine (C=N–C) groups is 1. The molecule has 1 saturated heterocycles. The smallest absolute Gasteiger partial charge is 0.337 e. The minimum Gasteiger partial charge on any atom is -0.465 e. The van der Waals surface area contributed by atoms with Crippen molar-refractivity contribution in [2.45, 2.75) is 18.2 Å². The van der Waals surface area contributed by atoms with Crippen LogP contribution in [0.3, 0.4) is 0 Å². The highest BCUT2D eigenvalue weighted by molar-refractivity contribution is 8.15. The van der Waals surface area contributed by atoms with Crippen LogP contribution < -0.4 is 5.32 Å². The van der Waals surface area contributed by atoms with Crippen LogP contribution in [-0.4, -0.2) is 40.2 Å². The van der Waals surface area contributed by atoms with Gasteiger partial charge in [-0.25, -0.2) is 9.79 Å². The summed E-state index contributed by atoms with van der Waals surface area (Å²) in [6.07, 6.45) is 0.0310. The fourth-order valence-corrected chi connectivity index (χ4v) is 4.64. The van der Waals surface area contributed by atoms with E-state index in [2.05, 4.69) is 10.3 Å². The summed E-state index contributed by atoms with van der Waals surface area (Å²) in [5.41, 5.74) is 2.47. The first kappa shape index (κ1) is 24.5. The minimum atomic E-state index is -0.666. The Morgan fingerprint density at radius 3 is 2.40 bits per heavy atom. The second-order valence-corrected chi connectivity index (χ2v) is 9.31. The lowest BCUT2D eigenvalue weighted by molar-refractivity contribution is -0.129. The number of esters is 1. The van der Waals surface area contributed by atoms with Crippen LogP contribution in [-0.2, 0) is 20.9 Å². The molecule has 1 aliphatic rings. The highest BCUT2D eigenvalue weighted by Crippen LogP contribution is 2.31. The van der Waals surface area contributed by atoms with Crippen molar-refractivity contribution in [3.05, 3.63) is 95.0 Å². The first-order chi connectivity index (χ1) is 16.9. The maximum absolute atomic E-state index is 13.2. The van der Waals surface area contributed by atoms with Gasteiger partial charge in [0.1, 0.15) is 5.25 Å². The Kier molecular flexibility index (Phi) is 7.84. The Morgan fingerprint density at radius 2 is 1.74 bits per heavy atom. The van der Waals surface area contributed by atoms with Gasteiger partial charge in [-0.05, 0) is 54.1 Å². The van der Waals surface area contributed by atoms with Crippen molar-refractivity contribution >= 4 is 57.7 Å². The largest absolute Gasteiger partial charge is 0.465 e. The van der Waals surface area contributed by atoms with E-state index in [1.54, 1.807) is 53.4 Å². The third-order valence-corrected chi connectivity index (χ3v) is 6.68. The van der Waals surface area contributed by atoms with Gasteiger partial charge in [-0.1, -0.05) is 53.7 Å². The number of rotatable bonds is 6. The SMILES string of the molecule is COC(=O)c1ccc(NC(=O)C2CC(=O)N(Cc3ccccc3)C(=Nc3ccc(Cl)cc3)S2)cc1. The molecule has 1 heterocycles. The van der Waals surface area contributed by atoms with E-state index in [0.717, 1.165) is 5.56 Å². The van der Waals surface area contributed by atoms with Gasteiger partial charge < -0.3 is 10.1 Å². The summed E-state index contributed by atoms with van der Waals surface area (Å²) < 4.78 is 4.69. The second-order valence-electron chi connectivity index (χ2n) is 7.71. The van der Waals surface area contributed by atoms with Gasteiger partial charge >= 0.3 is 5.97 Å². The fraction of sp³-hybridized carbons (Fsp3) is 0.154. The lowest BCUT2D eigenvalue weighted by atomic mass is 10.2. The first-order valence-electron chi connectivity index (χ1n) is 10.8. The van der Waals surface area contributed by atoms with Crippen LogP contribution in [0.1, 0.15) is 22.3 Å². The predicted octanol–water partition coefficient (Wildman–Crippen LogP) is 5.29. The Bertz CT molecular complexity index is 1250. The highest BCUT2D eigenvalue weighted by atomic mass is 35.5. The Hall–Kier alpha value is -3.62. The molecule has 2 amide bonds. The molecular formula is C26H22ClN3O4S. The number of carbonyl (C=O) groups is 3. The number of carbonyl (C=O) groups excluding carboxylic acids is 3. The molecule has 1 N–H and O–H groups in total. The summed E-state index contributed by atoms with van der Waals surface area (Å²) in [4.78, 5) is 44.1. The van der Waals surface area contributed by atoms with Crippen molar-refractivity contribution < 1.29 is 19.1 Å². The number of methoxy groups -OCH3 is 1. The molecule has 178 valence electrons. The molecule has 1 unspecified atom stereocenters. The Labute approximate surface area is 212 Å². The van der Waals surface area contributed by atoms with E-state index in [4.69, 9.17) is 16.3 Å². The number of nitrogens with one attached hydrogen (secondary N) is 1. The molecule has 9 heteroatoms. The molecule has 0 radical (unpaired) electrons. The van der Waals surface area contributed by atoms with Crippen LogP contribution in [0.15, 0.2) is 83.9 Å². The third-order valence-electron chi connectivity index (χ3n) is 5.24. The lowest BCUT2D eigenvalue weighted by Crippen LogP contribution is -2.44. The van der Waals surface area contributed by atoms with Gasteiger partial charge in [-0.3, -0.25) is 14.5 Å². The van der Waals surface area contributed by atoms with Gasteiger partial charge in [0.05, 0.1) is 24.9 Å². The van der Waals surface area contributed by atoms with Crippen LogP contribution in [0, 0.1) is 0 Å². The zero-order chi connectivity index (χ0) is 24.8. The molecule has 1 aliphatic heterocycles. The average molecular weight is 508 g/mol. The molecule has 7 nitrogen and oxygen atoms in total. The summed E-state index contributed by atoms with van der Waals surface area (Å²) >= 11 is 7.23. The van der Waals surface area contributed by atoms with Crippen LogP contribution in [0.2, 0.25) is 5.02 Å². The average Bonchev–Trinajstić information content (AvgIpc) is 2.87. The van der Waals surface area contributed by atoms with Crippen molar-refractivity contribution in [2.75, 3.05) is 12.4 Å². The molecule has 4 rings (SSSR count). The summed E-state index contributed by atoms with van der Waals surface area (Å²) in [6, 6.07) is 22.9. The van der Waals surface area contributed by atoms with Crippen molar-refractivity contribution in [3.63, 3.8) is 0 Å². The van der Waals surface area contributed by atoms with Crippen molar-refractivity contribution in [1.29, 1.82) is 0 Å². The van der Waals surface area contributed by atoms with Gasteiger partial charge in [-0.15, -0.1) is 0 Å². The number of benzene rings is 3. The second kappa shape index (κ2) is 11.2. The van der Waals surface area contributed by atoms with E-state index in [0.29, 0.717) is 33.7 Å². The van der Waals surface area contributed by atoms with Gasteiger partial charge in [0, 0.05) is 17.1 Å². The normalized spacial score (nSPS) is 16.7. The molecule has 1 fully saturated rings. The van der Waals surface area contributed by atoms with Gasteiger partial charge in [0.15, 0.2) is 5.17 Å². The number of anilines is 1. The molecule has 3 aromatic rings. The third kappa shape index (κ3) is 6.29. The number of hydrogen-bond donors (Lipinski definition) is 1. The Balaban J connectivity index is 1.55. The summed E-state index contributed by atoms with van der Waals surface area (Å²) in [7, 11) is 1.31. The van der Waals surface area contributed by atoms with Crippen molar-refractivity contribution in [2.24, 2.45) is 4.99 Å². The lowest BCUT2D eigenvalue weighted by Gasteiger charge is -2.32. The summed E-state index contributed by atoms with van der Waals surface area (Å²) in [6.45, 7) is 0.350. The Morgan fingerprint density at radius 1 is 1.06 bits per heavy atom. The van der Waals surface area contributed by atoms with Crippen molar-refractivity contribution in [3.8, 4) is 0 Å². The molecule has 3 aromatic carbocycles. The topological polar surface area (TPSA) is 88.1 Å². The van der Waals surface area contributed by atoms with Crippen LogP contribution in [0.4, 0.5) is 11.4 Å². The number of ether oxygens (including phenoxy) is 1. The number of thioether (sulfide) groups is 1. The molecule has 0 aromatic heterocycles. The summed E-state index contributed by atoms with van der Waals surface area (Å²) in [5.74, 6) is -0.975. The number of halogens is 1. The standard InChI is InChI=1S/C26H22ClN3O4S/c1-34-25(33)18-7-11-20(12-8-18)28-24(32)22-15-23(31)30(16-17-5-3-2-4-6-17)26(35-22)29-21-13-9-19(27)10-14-21/h2-14,22H,15-16H2,1H3,(H,28,32). The number of amides is 2. The molecule has 1 atom stereocenters. The highest BCUT2D eigenvalue weighted by Gasteiger charge is 2.36. The van der Waals surface area contributed by atoms with E-state index < -0.39 is 11.2 Å². The van der Waals surface area contributed by atoms with E-state index in [1.165, 1.54) is 18.9 Å². The molecule has 0 aliphatic carbocycles. The maximum atomic E-state index is 13.2. The van der Waals surface area contributed by atoms with Crippen LogP contribution >= 0.6 is 23.4 Å². The molecule has 0 saturated carbocycles.